The Morgan fingerprint density at radius 3 is 2.72 bits per heavy atom. The summed E-state index contributed by atoms with van der Waals surface area (Å²) in [5.74, 6) is 0. The highest BCUT2D eigenvalue weighted by molar-refractivity contribution is 9.11. The van der Waals surface area contributed by atoms with Crippen LogP contribution in [0.2, 0.25) is 0 Å². The second kappa shape index (κ2) is 5.40. The van der Waals surface area contributed by atoms with E-state index in [1.54, 1.807) is 16.8 Å². The van der Waals surface area contributed by atoms with Crippen LogP contribution in [0.1, 0.15) is 18.3 Å². The lowest BCUT2D eigenvalue weighted by Crippen LogP contribution is -2.22. The lowest BCUT2D eigenvalue weighted by Gasteiger charge is -2.08. The third-order valence-electron chi connectivity index (χ3n) is 2.63. The Bertz CT molecular complexity index is 631. The van der Waals surface area contributed by atoms with Gasteiger partial charge in [-0.25, -0.2) is 0 Å². The van der Waals surface area contributed by atoms with Gasteiger partial charge in [0.2, 0.25) is 0 Å². The zero-order valence-electron chi connectivity index (χ0n) is 10.2. The first-order chi connectivity index (χ1) is 8.51. The Balaban J connectivity index is 2.42. The summed E-state index contributed by atoms with van der Waals surface area (Å²) < 4.78 is 5.00. The fourth-order valence-electron chi connectivity index (χ4n) is 1.86. The second-order valence-corrected chi connectivity index (χ2v) is 5.80. The summed E-state index contributed by atoms with van der Waals surface area (Å²) in [6.07, 6.45) is 1.79. The molecule has 96 valence electrons. The molecule has 0 fully saturated rings. The van der Waals surface area contributed by atoms with E-state index in [0.29, 0.717) is 11.0 Å². The van der Waals surface area contributed by atoms with Crippen LogP contribution in [0.15, 0.2) is 32.1 Å². The maximum atomic E-state index is 12.0. The largest absolute Gasteiger partial charge is 0.307 e. The topological polar surface area (TPSA) is 39.8 Å². The number of halogens is 2. The Morgan fingerprint density at radius 1 is 1.33 bits per heavy atom. The SMILES string of the molecule is CCn1nc(C)cc1Cn1cc(Br)cc(Br)c1=O. The lowest BCUT2D eigenvalue weighted by molar-refractivity contribution is 0.590. The predicted octanol–water partition coefficient (Wildman–Crippen LogP) is 2.95. The smallest absolute Gasteiger partial charge is 0.265 e. The fourth-order valence-corrected chi connectivity index (χ4v) is 3.11. The van der Waals surface area contributed by atoms with Crippen molar-refractivity contribution in [3.05, 3.63) is 49.0 Å². The molecule has 0 aliphatic carbocycles. The van der Waals surface area contributed by atoms with E-state index in [9.17, 15) is 4.79 Å². The van der Waals surface area contributed by atoms with Crippen LogP contribution in [0.3, 0.4) is 0 Å². The normalized spacial score (nSPS) is 10.9. The summed E-state index contributed by atoms with van der Waals surface area (Å²) in [5, 5.41) is 4.38. The third kappa shape index (κ3) is 2.75. The Hall–Kier alpha value is -0.880. The van der Waals surface area contributed by atoms with Crippen LogP contribution in [0.25, 0.3) is 0 Å². The molecule has 0 aliphatic heterocycles. The lowest BCUT2D eigenvalue weighted by atomic mass is 10.3. The number of rotatable bonds is 3. The molecule has 6 heteroatoms. The first-order valence-electron chi connectivity index (χ1n) is 5.60. The number of aromatic nitrogens is 3. The Labute approximate surface area is 122 Å². The van der Waals surface area contributed by atoms with Crippen molar-refractivity contribution in [2.24, 2.45) is 0 Å². The van der Waals surface area contributed by atoms with Crippen LogP contribution in [0, 0.1) is 6.92 Å². The van der Waals surface area contributed by atoms with Crippen LogP contribution in [0.5, 0.6) is 0 Å². The highest BCUT2D eigenvalue weighted by atomic mass is 79.9. The van der Waals surface area contributed by atoms with Gasteiger partial charge in [0.05, 0.1) is 22.4 Å². The maximum absolute atomic E-state index is 12.0. The van der Waals surface area contributed by atoms with Crippen molar-refractivity contribution in [3.63, 3.8) is 0 Å². The summed E-state index contributed by atoms with van der Waals surface area (Å²) in [7, 11) is 0. The van der Waals surface area contributed by atoms with E-state index in [0.717, 1.165) is 22.4 Å². The van der Waals surface area contributed by atoms with Crippen molar-refractivity contribution in [3.8, 4) is 0 Å². The van der Waals surface area contributed by atoms with Crippen LogP contribution in [-0.4, -0.2) is 14.3 Å². The van der Waals surface area contributed by atoms with Gasteiger partial charge in [0.25, 0.3) is 5.56 Å². The standard InChI is InChI=1S/C12H13Br2N3O/c1-3-17-10(4-8(2)15-17)7-16-6-9(13)5-11(14)12(16)18/h4-6H,3,7H2,1-2H3. The summed E-state index contributed by atoms with van der Waals surface area (Å²) in [6, 6.07) is 3.76. The van der Waals surface area contributed by atoms with Gasteiger partial charge in [0, 0.05) is 17.2 Å². The first-order valence-corrected chi connectivity index (χ1v) is 7.18. The van der Waals surface area contributed by atoms with E-state index < -0.39 is 0 Å². The molecule has 2 aromatic heterocycles. The molecule has 0 spiro atoms. The molecule has 0 bridgehead atoms. The highest BCUT2D eigenvalue weighted by Gasteiger charge is 2.08. The summed E-state index contributed by atoms with van der Waals surface area (Å²) in [6.45, 7) is 5.31. The zero-order valence-corrected chi connectivity index (χ0v) is 13.3. The molecule has 0 N–H and O–H groups in total. The molecular formula is C12H13Br2N3O. The first kappa shape index (κ1) is 13.5. The van der Waals surface area contributed by atoms with Crippen LogP contribution >= 0.6 is 31.9 Å². The minimum Gasteiger partial charge on any atom is -0.307 e. The molecule has 0 saturated heterocycles. The summed E-state index contributed by atoms with van der Waals surface area (Å²) in [4.78, 5) is 12.0. The van der Waals surface area contributed by atoms with Crippen molar-refractivity contribution in [1.29, 1.82) is 0 Å². The van der Waals surface area contributed by atoms with E-state index in [4.69, 9.17) is 0 Å². The maximum Gasteiger partial charge on any atom is 0.265 e. The van der Waals surface area contributed by atoms with Crippen LogP contribution in [0.4, 0.5) is 0 Å². The Kier molecular flexibility index (Phi) is 4.07. The predicted molar refractivity (Wildman–Crippen MR) is 77.8 cm³/mol. The molecule has 0 aliphatic rings. The van der Waals surface area contributed by atoms with Gasteiger partial charge in [-0.2, -0.15) is 5.10 Å². The summed E-state index contributed by atoms with van der Waals surface area (Å²) >= 11 is 6.65. The molecular weight excluding hydrogens is 362 g/mol. The number of hydrogen-bond donors (Lipinski definition) is 0. The monoisotopic (exact) mass is 373 g/mol. The van der Waals surface area contributed by atoms with Crippen molar-refractivity contribution >= 4 is 31.9 Å². The van der Waals surface area contributed by atoms with Crippen molar-refractivity contribution in [2.75, 3.05) is 0 Å². The molecule has 0 unspecified atom stereocenters. The van der Waals surface area contributed by atoms with E-state index >= 15 is 0 Å². The number of pyridine rings is 1. The Morgan fingerprint density at radius 2 is 2.06 bits per heavy atom. The number of aryl methyl sites for hydroxylation is 2. The average molecular weight is 375 g/mol. The van der Waals surface area contributed by atoms with Gasteiger partial charge in [-0.3, -0.25) is 9.48 Å². The van der Waals surface area contributed by atoms with E-state index in [1.807, 2.05) is 24.6 Å². The zero-order chi connectivity index (χ0) is 13.3. The molecule has 2 heterocycles. The number of nitrogens with zero attached hydrogens (tertiary/aromatic N) is 3. The van der Waals surface area contributed by atoms with Gasteiger partial charge in [-0.05, 0) is 57.8 Å². The highest BCUT2D eigenvalue weighted by Crippen LogP contribution is 2.14. The van der Waals surface area contributed by atoms with Crippen molar-refractivity contribution in [2.45, 2.75) is 26.9 Å². The van der Waals surface area contributed by atoms with Crippen LogP contribution < -0.4 is 5.56 Å². The minimum absolute atomic E-state index is 0.0419. The van der Waals surface area contributed by atoms with Gasteiger partial charge >= 0.3 is 0 Å². The molecule has 0 saturated carbocycles. The van der Waals surface area contributed by atoms with E-state index in [-0.39, 0.29) is 5.56 Å². The molecule has 2 aromatic rings. The van der Waals surface area contributed by atoms with Crippen LogP contribution in [-0.2, 0) is 13.1 Å². The molecule has 0 atom stereocenters. The van der Waals surface area contributed by atoms with Crippen molar-refractivity contribution < 1.29 is 0 Å². The quantitative estimate of drug-likeness (QED) is 0.828. The van der Waals surface area contributed by atoms with Gasteiger partial charge in [-0.1, -0.05) is 0 Å². The fraction of sp³-hybridized carbons (Fsp3) is 0.333. The van der Waals surface area contributed by atoms with Crippen molar-refractivity contribution in [1.82, 2.24) is 14.3 Å². The van der Waals surface area contributed by atoms with Gasteiger partial charge in [0.1, 0.15) is 0 Å². The minimum atomic E-state index is -0.0419. The average Bonchev–Trinajstić information content (AvgIpc) is 2.65. The number of hydrogen-bond acceptors (Lipinski definition) is 2. The molecule has 0 aromatic carbocycles. The summed E-state index contributed by atoms with van der Waals surface area (Å²) in [5.41, 5.74) is 1.95. The molecule has 0 amide bonds. The third-order valence-corrected chi connectivity index (χ3v) is 3.63. The molecule has 4 nitrogen and oxygen atoms in total. The molecule has 2 rings (SSSR count). The van der Waals surface area contributed by atoms with Gasteiger partial charge < -0.3 is 4.57 Å². The van der Waals surface area contributed by atoms with Gasteiger partial charge in [-0.15, -0.1) is 0 Å². The van der Waals surface area contributed by atoms with E-state index in [1.165, 1.54) is 0 Å². The van der Waals surface area contributed by atoms with E-state index in [2.05, 4.69) is 37.0 Å². The molecule has 0 radical (unpaired) electrons. The molecule has 18 heavy (non-hydrogen) atoms. The second-order valence-electron chi connectivity index (χ2n) is 4.03. The van der Waals surface area contributed by atoms with Gasteiger partial charge in [0.15, 0.2) is 0 Å².